The number of fused-ring (bicyclic) bond motifs is 1. The molecule has 0 fully saturated rings. The van der Waals surface area contributed by atoms with E-state index in [1.165, 1.54) is 0 Å². The van der Waals surface area contributed by atoms with E-state index >= 15 is 0 Å². The van der Waals surface area contributed by atoms with Crippen LogP contribution in [0.3, 0.4) is 0 Å². The quantitative estimate of drug-likeness (QED) is 0.342. The lowest BCUT2D eigenvalue weighted by atomic mass is 10.0. The second-order valence-electron chi connectivity index (χ2n) is 7.32. The number of hydrogen-bond acceptors (Lipinski definition) is 4. The molecule has 4 rings (SSSR count). The number of benzene rings is 2. The van der Waals surface area contributed by atoms with Crippen LogP contribution in [0.4, 0.5) is 5.69 Å². The van der Waals surface area contributed by atoms with Gasteiger partial charge in [0, 0.05) is 33.6 Å². The fourth-order valence-electron chi connectivity index (χ4n) is 3.35. The van der Waals surface area contributed by atoms with Gasteiger partial charge in [0.25, 0.3) is 5.91 Å². The van der Waals surface area contributed by atoms with Crippen molar-refractivity contribution in [3.05, 3.63) is 70.4 Å². The topological polar surface area (TPSA) is 86.9 Å². The van der Waals surface area contributed by atoms with E-state index in [2.05, 4.69) is 27.8 Å². The second-order valence-corrected chi connectivity index (χ2v) is 8.36. The number of amides is 2. The van der Waals surface area contributed by atoms with Crippen molar-refractivity contribution in [2.75, 3.05) is 11.9 Å². The third-order valence-electron chi connectivity index (χ3n) is 5.00. The number of nitrogens with one attached hydrogen (secondary N) is 3. The van der Waals surface area contributed by atoms with Crippen molar-refractivity contribution in [2.45, 2.75) is 26.2 Å². The Labute approximate surface area is 184 Å². The van der Waals surface area contributed by atoms with Gasteiger partial charge >= 0.3 is 0 Å². The number of rotatable bonds is 8. The Morgan fingerprint density at radius 3 is 2.68 bits per heavy atom. The first-order valence-corrected chi connectivity index (χ1v) is 11.2. The average Bonchev–Trinajstić information content (AvgIpc) is 3.43. The fourth-order valence-corrected chi connectivity index (χ4v) is 4.05. The van der Waals surface area contributed by atoms with E-state index in [0.717, 1.165) is 45.6 Å². The fraction of sp³-hybridized carbons (Fsp3) is 0.208. The number of anilines is 1. The van der Waals surface area contributed by atoms with Crippen molar-refractivity contribution in [3.63, 3.8) is 0 Å². The zero-order valence-corrected chi connectivity index (χ0v) is 18.1. The Bertz CT molecular complexity index is 1180. The summed E-state index contributed by atoms with van der Waals surface area (Å²) >= 11 is 1.57. The highest BCUT2D eigenvalue weighted by molar-refractivity contribution is 7.10. The van der Waals surface area contributed by atoms with Gasteiger partial charge in [-0.2, -0.15) is 5.10 Å². The Balaban J connectivity index is 1.51. The number of unbranched alkanes of at least 4 members (excludes halogenated alkanes) is 1. The SMILES string of the molecule is CCCCNC(=O)c1ccc(-c2n[nH]c3ccc(NC(=O)Cc4cccs4)cc23)cc1. The standard InChI is InChI=1S/C24H24N4O2S/c1-2-3-12-25-24(30)17-8-6-16(7-9-17)23-20-14-18(10-11-21(20)27-28-23)26-22(29)15-19-5-4-13-31-19/h4-11,13-14H,2-3,12,15H2,1H3,(H,25,30)(H,26,29)(H,27,28). The highest BCUT2D eigenvalue weighted by atomic mass is 32.1. The Morgan fingerprint density at radius 1 is 1.10 bits per heavy atom. The molecule has 0 saturated heterocycles. The minimum absolute atomic E-state index is 0.0507. The molecule has 2 aromatic carbocycles. The Kier molecular flexibility index (Phi) is 6.43. The van der Waals surface area contributed by atoms with Crippen LogP contribution in [0.15, 0.2) is 60.0 Å². The van der Waals surface area contributed by atoms with Crippen LogP contribution < -0.4 is 10.6 Å². The van der Waals surface area contributed by atoms with Crippen LogP contribution in [0.1, 0.15) is 35.0 Å². The van der Waals surface area contributed by atoms with Gasteiger partial charge in [-0.1, -0.05) is 31.5 Å². The van der Waals surface area contributed by atoms with Gasteiger partial charge in [0.15, 0.2) is 0 Å². The van der Waals surface area contributed by atoms with E-state index in [9.17, 15) is 9.59 Å². The van der Waals surface area contributed by atoms with Crippen molar-refractivity contribution < 1.29 is 9.59 Å². The van der Waals surface area contributed by atoms with E-state index < -0.39 is 0 Å². The maximum Gasteiger partial charge on any atom is 0.251 e. The van der Waals surface area contributed by atoms with Gasteiger partial charge in [-0.3, -0.25) is 14.7 Å². The first-order valence-electron chi connectivity index (χ1n) is 10.3. The van der Waals surface area contributed by atoms with Crippen molar-refractivity contribution in [3.8, 4) is 11.3 Å². The molecule has 0 unspecified atom stereocenters. The molecule has 0 saturated carbocycles. The molecule has 0 spiro atoms. The molecule has 6 nitrogen and oxygen atoms in total. The minimum Gasteiger partial charge on any atom is -0.352 e. The summed E-state index contributed by atoms with van der Waals surface area (Å²) in [5, 5.41) is 16.2. The molecular weight excluding hydrogens is 408 g/mol. The number of hydrogen-bond donors (Lipinski definition) is 3. The van der Waals surface area contributed by atoms with E-state index in [-0.39, 0.29) is 11.8 Å². The average molecular weight is 433 g/mol. The lowest BCUT2D eigenvalue weighted by Crippen LogP contribution is -2.24. The molecule has 0 aliphatic rings. The van der Waals surface area contributed by atoms with Gasteiger partial charge in [-0.25, -0.2) is 0 Å². The lowest BCUT2D eigenvalue weighted by Gasteiger charge is -2.06. The molecule has 158 valence electrons. The molecule has 2 aromatic heterocycles. The summed E-state index contributed by atoms with van der Waals surface area (Å²) in [5.41, 5.74) is 3.92. The van der Waals surface area contributed by atoms with E-state index in [4.69, 9.17) is 0 Å². The number of nitrogens with zero attached hydrogens (tertiary/aromatic N) is 1. The molecule has 0 atom stereocenters. The third-order valence-corrected chi connectivity index (χ3v) is 5.87. The van der Waals surface area contributed by atoms with Gasteiger partial charge in [-0.05, 0) is 48.2 Å². The molecule has 31 heavy (non-hydrogen) atoms. The normalized spacial score (nSPS) is 10.9. The van der Waals surface area contributed by atoms with Crippen molar-refractivity contribution in [2.24, 2.45) is 0 Å². The van der Waals surface area contributed by atoms with Crippen molar-refractivity contribution in [1.82, 2.24) is 15.5 Å². The number of thiophene rings is 1. The molecule has 2 heterocycles. The van der Waals surface area contributed by atoms with Crippen LogP contribution in [0.2, 0.25) is 0 Å². The highest BCUT2D eigenvalue weighted by Gasteiger charge is 2.12. The summed E-state index contributed by atoms with van der Waals surface area (Å²) in [6, 6.07) is 17.0. The summed E-state index contributed by atoms with van der Waals surface area (Å²) in [6.45, 7) is 2.78. The number of carbonyl (C=O) groups excluding carboxylic acids is 2. The van der Waals surface area contributed by atoms with Crippen LogP contribution in [0.25, 0.3) is 22.2 Å². The van der Waals surface area contributed by atoms with E-state index in [1.807, 2.05) is 60.0 Å². The van der Waals surface area contributed by atoms with Crippen molar-refractivity contribution in [1.29, 1.82) is 0 Å². The predicted octanol–water partition coefficient (Wildman–Crippen LogP) is 5.00. The smallest absolute Gasteiger partial charge is 0.251 e. The van der Waals surface area contributed by atoms with Crippen LogP contribution in [-0.4, -0.2) is 28.6 Å². The predicted molar refractivity (Wildman–Crippen MR) is 125 cm³/mol. The van der Waals surface area contributed by atoms with Gasteiger partial charge in [0.05, 0.1) is 17.6 Å². The highest BCUT2D eigenvalue weighted by Crippen LogP contribution is 2.29. The zero-order chi connectivity index (χ0) is 21.6. The second kappa shape index (κ2) is 9.57. The summed E-state index contributed by atoms with van der Waals surface area (Å²) in [5.74, 6) is -0.118. The van der Waals surface area contributed by atoms with Crippen LogP contribution in [0.5, 0.6) is 0 Å². The minimum atomic E-state index is -0.0670. The molecule has 4 aromatic rings. The van der Waals surface area contributed by atoms with Crippen LogP contribution in [0, 0.1) is 0 Å². The number of H-pyrrole nitrogens is 1. The molecule has 0 aliphatic carbocycles. The molecule has 0 bridgehead atoms. The summed E-state index contributed by atoms with van der Waals surface area (Å²) < 4.78 is 0. The summed E-state index contributed by atoms with van der Waals surface area (Å²) in [6.07, 6.45) is 2.37. The number of aromatic amines is 1. The first kappa shape index (κ1) is 20.8. The molecule has 2 amide bonds. The molecular formula is C24H24N4O2S. The van der Waals surface area contributed by atoms with Crippen LogP contribution in [-0.2, 0) is 11.2 Å². The Morgan fingerprint density at radius 2 is 1.94 bits per heavy atom. The number of aromatic nitrogens is 2. The molecule has 7 heteroatoms. The van der Waals surface area contributed by atoms with Crippen LogP contribution >= 0.6 is 11.3 Å². The monoisotopic (exact) mass is 432 g/mol. The van der Waals surface area contributed by atoms with Gasteiger partial charge in [0.1, 0.15) is 0 Å². The lowest BCUT2D eigenvalue weighted by molar-refractivity contribution is -0.115. The van der Waals surface area contributed by atoms with Gasteiger partial charge in [0.2, 0.25) is 5.91 Å². The molecule has 0 aliphatic heterocycles. The zero-order valence-electron chi connectivity index (χ0n) is 17.3. The largest absolute Gasteiger partial charge is 0.352 e. The molecule has 3 N–H and O–H groups in total. The first-order chi connectivity index (χ1) is 15.1. The van der Waals surface area contributed by atoms with E-state index in [1.54, 1.807) is 11.3 Å². The maximum atomic E-state index is 12.3. The number of carbonyl (C=O) groups is 2. The Hall–Kier alpha value is -3.45. The van der Waals surface area contributed by atoms with E-state index in [0.29, 0.717) is 18.5 Å². The summed E-state index contributed by atoms with van der Waals surface area (Å²) in [7, 11) is 0. The van der Waals surface area contributed by atoms with Gasteiger partial charge in [-0.15, -0.1) is 11.3 Å². The third kappa shape index (κ3) is 5.00. The maximum absolute atomic E-state index is 12.3. The molecule has 0 radical (unpaired) electrons. The summed E-state index contributed by atoms with van der Waals surface area (Å²) in [4.78, 5) is 25.6. The van der Waals surface area contributed by atoms with Gasteiger partial charge < -0.3 is 10.6 Å². The van der Waals surface area contributed by atoms with Crippen molar-refractivity contribution >= 4 is 39.7 Å².